The number of nitrogens with zero attached hydrogens (tertiary/aromatic N) is 2. The molecule has 0 spiro atoms. The Kier molecular flexibility index (Phi) is 6.35. The molecule has 156 valence electrons. The molecular formula is C22H28N2O5. The van der Waals surface area contributed by atoms with Crippen LogP contribution in [0.2, 0.25) is 0 Å². The molecule has 3 atom stereocenters. The maximum Gasteiger partial charge on any atom is 0.329 e. The van der Waals surface area contributed by atoms with Gasteiger partial charge in [-0.25, -0.2) is 4.79 Å². The third-order valence-corrected chi connectivity index (χ3v) is 5.76. The third-order valence-electron chi connectivity index (χ3n) is 5.76. The van der Waals surface area contributed by atoms with Gasteiger partial charge in [-0.3, -0.25) is 19.3 Å². The van der Waals surface area contributed by atoms with E-state index in [-0.39, 0.29) is 35.6 Å². The minimum atomic E-state index is -1.03. The van der Waals surface area contributed by atoms with Crippen molar-refractivity contribution in [2.24, 2.45) is 11.8 Å². The highest BCUT2D eigenvalue weighted by atomic mass is 16.5. The molecule has 1 saturated heterocycles. The number of amides is 3. The Morgan fingerprint density at radius 2 is 1.59 bits per heavy atom. The molecule has 1 aromatic rings. The number of hydrogen-bond acceptors (Lipinski definition) is 5. The van der Waals surface area contributed by atoms with Crippen molar-refractivity contribution in [1.82, 2.24) is 4.90 Å². The normalized spacial score (nSPS) is 22.4. The van der Waals surface area contributed by atoms with Crippen molar-refractivity contribution >= 4 is 29.4 Å². The summed E-state index contributed by atoms with van der Waals surface area (Å²) in [4.78, 5) is 53.1. The van der Waals surface area contributed by atoms with Gasteiger partial charge in [-0.05, 0) is 45.7 Å². The molecule has 0 N–H and O–H groups in total. The SMILES string of the molecule is CC(C)N(C(=O)COC(=O)[C@H](C)N1C(=O)[C@H]2CCCC[C@H]2C1=O)c1ccccc1. The first-order valence-electron chi connectivity index (χ1n) is 10.2. The number of rotatable bonds is 6. The summed E-state index contributed by atoms with van der Waals surface area (Å²) in [7, 11) is 0. The Hall–Kier alpha value is -2.70. The molecule has 0 radical (unpaired) electrons. The highest BCUT2D eigenvalue weighted by molar-refractivity contribution is 6.08. The molecule has 7 nitrogen and oxygen atoms in total. The summed E-state index contributed by atoms with van der Waals surface area (Å²) in [5, 5.41) is 0. The highest BCUT2D eigenvalue weighted by Gasteiger charge is 2.51. The number of carbonyl (C=O) groups excluding carboxylic acids is 4. The average Bonchev–Trinajstić information content (AvgIpc) is 2.97. The molecular weight excluding hydrogens is 372 g/mol. The first kappa shape index (κ1) is 21.0. The van der Waals surface area contributed by atoms with Crippen LogP contribution in [-0.4, -0.2) is 47.3 Å². The smallest absolute Gasteiger partial charge is 0.329 e. The molecule has 1 aromatic carbocycles. The van der Waals surface area contributed by atoms with Crippen LogP contribution in [0.3, 0.4) is 0 Å². The summed E-state index contributed by atoms with van der Waals surface area (Å²) in [5.74, 6) is -2.31. The van der Waals surface area contributed by atoms with Crippen molar-refractivity contribution in [1.29, 1.82) is 0 Å². The number of para-hydroxylation sites is 1. The second kappa shape index (κ2) is 8.76. The lowest BCUT2D eigenvalue weighted by molar-refractivity contribution is -0.159. The van der Waals surface area contributed by atoms with Crippen molar-refractivity contribution in [3.05, 3.63) is 30.3 Å². The standard InChI is InChI=1S/C22H28N2O5/c1-14(2)23(16-9-5-4-6-10-16)19(25)13-29-22(28)15(3)24-20(26)17-11-7-8-12-18(17)21(24)27/h4-6,9-10,14-15,17-18H,7-8,11-13H2,1-3H3/t15-,17-,18+/m0/s1. The van der Waals surface area contributed by atoms with Crippen LogP contribution in [-0.2, 0) is 23.9 Å². The van der Waals surface area contributed by atoms with Crippen molar-refractivity contribution in [3.63, 3.8) is 0 Å². The van der Waals surface area contributed by atoms with E-state index in [0.717, 1.165) is 17.7 Å². The quantitative estimate of drug-likeness (QED) is 0.541. The zero-order valence-electron chi connectivity index (χ0n) is 17.2. The minimum Gasteiger partial charge on any atom is -0.454 e. The molecule has 1 aliphatic carbocycles. The van der Waals surface area contributed by atoms with Crippen LogP contribution < -0.4 is 4.90 Å². The Morgan fingerprint density at radius 1 is 1.03 bits per heavy atom. The number of benzene rings is 1. The maximum atomic E-state index is 12.7. The molecule has 0 unspecified atom stereocenters. The summed E-state index contributed by atoms with van der Waals surface area (Å²) in [6, 6.07) is 7.99. The van der Waals surface area contributed by atoms with Crippen LogP contribution in [0.4, 0.5) is 5.69 Å². The van der Waals surface area contributed by atoms with Crippen LogP contribution in [0.5, 0.6) is 0 Å². The van der Waals surface area contributed by atoms with E-state index in [0.29, 0.717) is 18.5 Å². The predicted molar refractivity (Wildman–Crippen MR) is 107 cm³/mol. The van der Waals surface area contributed by atoms with Crippen molar-refractivity contribution in [2.45, 2.75) is 58.5 Å². The van der Waals surface area contributed by atoms with E-state index in [9.17, 15) is 19.2 Å². The van der Waals surface area contributed by atoms with Gasteiger partial charge in [0.2, 0.25) is 11.8 Å². The van der Waals surface area contributed by atoms with Crippen LogP contribution in [0.25, 0.3) is 0 Å². The van der Waals surface area contributed by atoms with Crippen LogP contribution in [0, 0.1) is 11.8 Å². The van der Waals surface area contributed by atoms with Gasteiger partial charge in [0, 0.05) is 11.7 Å². The lowest BCUT2D eigenvalue weighted by Gasteiger charge is -2.27. The summed E-state index contributed by atoms with van der Waals surface area (Å²) >= 11 is 0. The summed E-state index contributed by atoms with van der Waals surface area (Å²) in [6.45, 7) is 4.79. The van der Waals surface area contributed by atoms with E-state index in [2.05, 4.69) is 0 Å². The lowest BCUT2D eigenvalue weighted by Crippen LogP contribution is -2.46. The second-order valence-electron chi connectivity index (χ2n) is 8.02. The average molecular weight is 400 g/mol. The summed E-state index contributed by atoms with van der Waals surface area (Å²) in [5.41, 5.74) is 0.713. The van der Waals surface area contributed by atoms with Gasteiger partial charge in [0.05, 0.1) is 11.8 Å². The third kappa shape index (κ3) is 4.18. The number of carbonyl (C=O) groups is 4. The number of hydrogen-bond donors (Lipinski definition) is 0. The topological polar surface area (TPSA) is 84.0 Å². The van der Waals surface area contributed by atoms with E-state index in [1.807, 2.05) is 44.2 Å². The van der Waals surface area contributed by atoms with Gasteiger partial charge in [-0.2, -0.15) is 0 Å². The fraction of sp³-hybridized carbons (Fsp3) is 0.545. The monoisotopic (exact) mass is 400 g/mol. The molecule has 1 saturated carbocycles. The largest absolute Gasteiger partial charge is 0.454 e. The Morgan fingerprint density at radius 3 is 2.10 bits per heavy atom. The van der Waals surface area contributed by atoms with Crippen LogP contribution >= 0.6 is 0 Å². The zero-order valence-corrected chi connectivity index (χ0v) is 17.2. The fourth-order valence-corrected chi connectivity index (χ4v) is 4.32. The van der Waals surface area contributed by atoms with Crippen molar-refractivity contribution < 1.29 is 23.9 Å². The van der Waals surface area contributed by atoms with Gasteiger partial charge in [0.1, 0.15) is 6.04 Å². The second-order valence-corrected chi connectivity index (χ2v) is 8.02. The molecule has 1 heterocycles. The van der Waals surface area contributed by atoms with E-state index in [1.165, 1.54) is 6.92 Å². The number of esters is 1. The number of imide groups is 1. The van der Waals surface area contributed by atoms with Crippen molar-refractivity contribution in [2.75, 3.05) is 11.5 Å². The van der Waals surface area contributed by atoms with E-state index < -0.39 is 18.6 Å². The molecule has 0 bridgehead atoms. The van der Waals surface area contributed by atoms with Crippen LogP contribution in [0.1, 0.15) is 46.5 Å². The van der Waals surface area contributed by atoms with Gasteiger partial charge in [0.15, 0.2) is 6.61 Å². The minimum absolute atomic E-state index is 0.120. The molecule has 29 heavy (non-hydrogen) atoms. The molecule has 2 aliphatic rings. The Labute approximate surface area is 171 Å². The predicted octanol–water partition coefficient (Wildman–Crippen LogP) is 2.53. The maximum absolute atomic E-state index is 12.7. The summed E-state index contributed by atoms with van der Waals surface area (Å²) < 4.78 is 5.20. The number of likely N-dealkylation sites (tertiary alicyclic amines) is 1. The highest BCUT2D eigenvalue weighted by Crippen LogP contribution is 2.38. The van der Waals surface area contributed by atoms with Gasteiger partial charge in [-0.1, -0.05) is 31.0 Å². The van der Waals surface area contributed by atoms with Gasteiger partial charge >= 0.3 is 5.97 Å². The molecule has 2 fully saturated rings. The molecule has 3 rings (SSSR count). The number of anilines is 1. The lowest BCUT2D eigenvalue weighted by atomic mass is 9.81. The van der Waals surface area contributed by atoms with Crippen molar-refractivity contribution in [3.8, 4) is 0 Å². The van der Waals surface area contributed by atoms with E-state index >= 15 is 0 Å². The van der Waals surface area contributed by atoms with Gasteiger partial charge in [0.25, 0.3) is 5.91 Å². The Balaban J connectivity index is 1.63. The molecule has 7 heteroatoms. The molecule has 1 aliphatic heterocycles. The van der Waals surface area contributed by atoms with Crippen LogP contribution in [0.15, 0.2) is 30.3 Å². The zero-order chi connectivity index (χ0) is 21.1. The first-order valence-corrected chi connectivity index (χ1v) is 10.2. The fourth-order valence-electron chi connectivity index (χ4n) is 4.32. The Bertz CT molecular complexity index is 768. The molecule has 3 amide bonds. The van der Waals surface area contributed by atoms with E-state index in [1.54, 1.807) is 4.90 Å². The van der Waals surface area contributed by atoms with E-state index in [4.69, 9.17) is 4.74 Å². The van der Waals surface area contributed by atoms with Gasteiger partial charge in [-0.15, -0.1) is 0 Å². The number of fused-ring (bicyclic) bond motifs is 1. The number of ether oxygens (including phenoxy) is 1. The molecule has 0 aromatic heterocycles. The van der Waals surface area contributed by atoms with Gasteiger partial charge < -0.3 is 9.64 Å². The summed E-state index contributed by atoms with van der Waals surface area (Å²) in [6.07, 6.45) is 3.22. The first-order chi connectivity index (χ1) is 13.8.